The Balaban J connectivity index is 1.37. The zero-order valence-electron chi connectivity index (χ0n) is 26.4. The van der Waals surface area contributed by atoms with E-state index in [4.69, 9.17) is 37.5 Å². The van der Waals surface area contributed by atoms with Crippen LogP contribution in [0.2, 0.25) is 5.02 Å². The first-order valence-corrected chi connectivity index (χ1v) is 16.7. The molecule has 11 nitrogen and oxygen atoms in total. The van der Waals surface area contributed by atoms with Crippen LogP contribution in [0.3, 0.4) is 0 Å². The number of aromatic nitrogens is 4. The van der Waals surface area contributed by atoms with Gasteiger partial charge in [0.25, 0.3) is 0 Å². The van der Waals surface area contributed by atoms with Crippen LogP contribution in [0.1, 0.15) is 44.0 Å². The monoisotopic (exact) mass is 691 g/mol. The van der Waals surface area contributed by atoms with Crippen molar-refractivity contribution in [3.63, 3.8) is 0 Å². The number of halogens is 3. The molecule has 0 bridgehead atoms. The van der Waals surface area contributed by atoms with E-state index < -0.39 is 17.7 Å². The van der Waals surface area contributed by atoms with Gasteiger partial charge >= 0.3 is 6.01 Å². The number of fused-ring (bicyclic) bond motifs is 3. The van der Waals surface area contributed by atoms with Gasteiger partial charge in [-0.3, -0.25) is 9.88 Å². The molecule has 0 unspecified atom stereocenters. The average Bonchev–Trinajstić information content (AvgIpc) is 3.64. The molecule has 4 N–H and O–H groups in total. The third-order valence-corrected chi connectivity index (χ3v) is 10.7. The Hall–Kier alpha value is -4.42. The first-order valence-electron chi connectivity index (χ1n) is 15.5. The van der Waals surface area contributed by atoms with Crippen molar-refractivity contribution in [3.8, 4) is 23.2 Å². The van der Waals surface area contributed by atoms with Gasteiger partial charge in [-0.15, -0.1) is 11.3 Å². The smallest absolute Gasteiger partial charge is 0.319 e. The number of nitrogens with two attached hydrogens (primary N) is 2. The fourth-order valence-electron chi connectivity index (χ4n) is 6.76. The van der Waals surface area contributed by atoms with Gasteiger partial charge in [0.15, 0.2) is 5.82 Å². The van der Waals surface area contributed by atoms with E-state index in [1.807, 2.05) is 13.0 Å². The molecule has 248 valence electrons. The number of thiophene rings is 1. The van der Waals surface area contributed by atoms with E-state index in [0.717, 1.165) is 30.7 Å². The molecule has 48 heavy (non-hydrogen) atoms. The van der Waals surface area contributed by atoms with Crippen LogP contribution in [0, 0.1) is 23.0 Å². The van der Waals surface area contributed by atoms with E-state index in [2.05, 4.69) is 26.8 Å². The van der Waals surface area contributed by atoms with Crippen LogP contribution in [-0.4, -0.2) is 69.8 Å². The van der Waals surface area contributed by atoms with Crippen molar-refractivity contribution in [2.75, 3.05) is 43.2 Å². The Morgan fingerprint density at radius 1 is 1.23 bits per heavy atom. The Morgan fingerprint density at radius 2 is 2.02 bits per heavy atom. The highest BCUT2D eigenvalue weighted by atomic mass is 35.5. The minimum atomic E-state index is -0.782. The minimum Gasteiger partial charge on any atom is -0.462 e. The van der Waals surface area contributed by atoms with E-state index in [0.29, 0.717) is 36.2 Å². The van der Waals surface area contributed by atoms with Gasteiger partial charge < -0.3 is 25.8 Å². The second kappa shape index (κ2) is 12.6. The van der Waals surface area contributed by atoms with Crippen molar-refractivity contribution < 1.29 is 18.3 Å². The van der Waals surface area contributed by atoms with Gasteiger partial charge in [-0.05, 0) is 44.4 Å². The third-order valence-electron chi connectivity index (χ3n) is 9.33. The fraction of sp³-hybridized carbons (Fsp3) is 0.364. The molecular weight excluding hydrogens is 660 g/mol. The second-order valence-electron chi connectivity index (χ2n) is 12.2. The number of benzene rings is 2. The fourth-order valence-corrected chi connectivity index (χ4v) is 8.01. The van der Waals surface area contributed by atoms with E-state index in [1.54, 1.807) is 24.2 Å². The molecule has 0 radical (unpaired) electrons. The molecule has 0 spiro atoms. The highest BCUT2D eigenvalue weighted by Gasteiger charge is 2.38. The molecule has 7 rings (SSSR count). The summed E-state index contributed by atoms with van der Waals surface area (Å²) in [6, 6.07) is 6.16. The van der Waals surface area contributed by atoms with Gasteiger partial charge in [-0.1, -0.05) is 17.7 Å². The maximum Gasteiger partial charge on any atom is 0.319 e. The molecule has 2 aliphatic rings. The van der Waals surface area contributed by atoms with Crippen LogP contribution in [-0.2, 0) is 4.74 Å². The van der Waals surface area contributed by atoms with Gasteiger partial charge in [0.1, 0.15) is 46.3 Å². The number of nitriles is 1. The lowest BCUT2D eigenvalue weighted by atomic mass is 9.97. The zero-order valence-corrected chi connectivity index (χ0v) is 27.9. The van der Waals surface area contributed by atoms with Crippen molar-refractivity contribution in [3.05, 3.63) is 58.5 Å². The van der Waals surface area contributed by atoms with Crippen molar-refractivity contribution >= 4 is 60.6 Å². The average molecular weight is 692 g/mol. The Morgan fingerprint density at radius 3 is 2.79 bits per heavy atom. The number of nitrogens with zero attached hydrogens (tertiary/aromatic N) is 7. The Bertz CT molecular complexity index is 2110. The van der Waals surface area contributed by atoms with Crippen molar-refractivity contribution in [1.82, 2.24) is 24.8 Å². The summed E-state index contributed by atoms with van der Waals surface area (Å²) in [5.74, 6) is -0.786. The highest BCUT2D eigenvalue weighted by Crippen LogP contribution is 2.46. The SMILES string of the molecule is C[C@H](c1nccnc1N)N(C)c1nc(OC[C@@H]2CC[C@H]3CO[C@@H](C)CN23)nc2c(F)c(-c3ccc(F)c4sc(N)c(C#N)c34)c(Cl)cc12. The van der Waals surface area contributed by atoms with E-state index >= 15 is 4.39 Å². The van der Waals surface area contributed by atoms with Gasteiger partial charge in [0.2, 0.25) is 0 Å². The molecule has 0 aliphatic carbocycles. The number of ether oxygens (including phenoxy) is 2. The lowest BCUT2D eigenvalue weighted by molar-refractivity contribution is -0.0556. The van der Waals surface area contributed by atoms with Crippen LogP contribution >= 0.6 is 22.9 Å². The number of morpholine rings is 1. The van der Waals surface area contributed by atoms with E-state index in [-0.39, 0.29) is 66.3 Å². The van der Waals surface area contributed by atoms with Crippen LogP contribution in [0.4, 0.5) is 25.4 Å². The van der Waals surface area contributed by atoms with E-state index in [9.17, 15) is 9.65 Å². The number of anilines is 3. The first-order chi connectivity index (χ1) is 23.1. The number of hydrogen-bond donors (Lipinski definition) is 2. The summed E-state index contributed by atoms with van der Waals surface area (Å²) in [4.78, 5) is 22.1. The summed E-state index contributed by atoms with van der Waals surface area (Å²) in [5.41, 5.74) is 12.9. The molecule has 15 heteroatoms. The van der Waals surface area contributed by atoms with Crippen LogP contribution < -0.4 is 21.1 Å². The normalized spacial score (nSPS) is 20.1. The molecule has 2 aromatic carbocycles. The van der Waals surface area contributed by atoms with Gasteiger partial charge in [-0.25, -0.2) is 13.8 Å². The standard InChI is InChI=1S/C33H32ClF2N9O2S/c1-15-12-45-17(13-46-15)4-5-18(45)14-47-33-42-28-20(32(43-33)44(3)16(2)27-30(38)41-9-8-40-27)10-22(34)25(26(28)36)19-6-7-23(35)29-24(19)21(11-37)31(39)48-29/h6-10,15-18H,4-5,12-14,39H2,1-3H3,(H2,38,41)/t15-,16+,17-,18-/m0/s1. The summed E-state index contributed by atoms with van der Waals surface area (Å²) in [7, 11) is 1.78. The van der Waals surface area contributed by atoms with Gasteiger partial charge in [0.05, 0.1) is 34.0 Å². The summed E-state index contributed by atoms with van der Waals surface area (Å²) in [5, 5.41) is 10.5. The Labute approximate surface area is 284 Å². The first kappa shape index (κ1) is 32.1. The molecule has 2 fully saturated rings. The predicted molar refractivity (Wildman–Crippen MR) is 182 cm³/mol. The molecule has 2 aliphatic heterocycles. The molecule has 0 amide bonds. The topological polar surface area (TPSA) is 152 Å². The van der Waals surface area contributed by atoms with E-state index in [1.165, 1.54) is 18.3 Å². The molecule has 3 aromatic heterocycles. The van der Waals surface area contributed by atoms with Crippen LogP contribution in [0.5, 0.6) is 6.01 Å². The van der Waals surface area contributed by atoms with Gasteiger partial charge in [-0.2, -0.15) is 15.2 Å². The summed E-state index contributed by atoms with van der Waals surface area (Å²) < 4.78 is 44.1. The molecular formula is C33H32ClF2N9O2S. The summed E-state index contributed by atoms with van der Waals surface area (Å²) >= 11 is 7.76. The lowest BCUT2D eigenvalue weighted by Gasteiger charge is -2.37. The molecule has 4 atom stereocenters. The third kappa shape index (κ3) is 5.40. The number of nitrogen functional groups attached to an aromatic ring is 2. The second-order valence-corrected chi connectivity index (χ2v) is 13.6. The molecule has 5 aromatic rings. The number of hydrogen-bond acceptors (Lipinski definition) is 12. The summed E-state index contributed by atoms with van der Waals surface area (Å²) in [6.45, 7) is 5.69. The van der Waals surface area contributed by atoms with Crippen molar-refractivity contribution in [2.24, 2.45) is 0 Å². The quantitative estimate of drug-likeness (QED) is 0.204. The van der Waals surface area contributed by atoms with Crippen LogP contribution in [0.25, 0.3) is 32.1 Å². The Kier molecular flexibility index (Phi) is 8.41. The molecule has 5 heterocycles. The molecule has 0 saturated carbocycles. The van der Waals surface area contributed by atoms with Gasteiger partial charge in [0, 0.05) is 54.4 Å². The highest BCUT2D eigenvalue weighted by molar-refractivity contribution is 7.23. The number of rotatable bonds is 7. The van der Waals surface area contributed by atoms with Crippen LogP contribution in [0.15, 0.2) is 30.6 Å². The van der Waals surface area contributed by atoms with Crippen molar-refractivity contribution in [1.29, 1.82) is 5.26 Å². The molecule has 2 saturated heterocycles. The maximum absolute atomic E-state index is 17.0. The lowest BCUT2D eigenvalue weighted by Crippen LogP contribution is -2.49. The zero-order chi connectivity index (χ0) is 33.9. The van der Waals surface area contributed by atoms with Crippen molar-refractivity contribution in [2.45, 2.75) is 50.9 Å². The predicted octanol–water partition coefficient (Wildman–Crippen LogP) is 6.10. The maximum atomic E-state index is 17.0. The summed E-state index contributed by atoms with van der Waals surface area (Å²) in [6.07, 6.45) is 5.07. The minimum absolute atomic E-state index is 0.0126. The largest absolute Gasteiger partial charge is 0.462 e.